The molecule has 0 aliphatic carbocycles. The van der Waals surface area contributed by atoms with Crippen LogP contribution < -0.4 is 0 Å². The van der Waals surface area contributed by atoms with Gasteiger partial charge in [0.25, 0.3) is 10.0 Å². The molecule has 3 heterocycles. The maximum Gasteiger partial charge on any atom is 0.252 e. The van der Waals surface area contributed by atoms with Crippen molar-refractivity contribution in [1.29, 1.82) is 0 Å². The first kappa shape index (κ1) is 14.7. The molecule has 5 nitrogen and oxygen atoms in total. The topological polar surface area (TPSA) is 55.2 Å². The molecule has 0 spiro atoms. The molecule has 0 radical (unpaired) electrons. The van der Waals surface area contributed by atoms with E-state index in [1.165, 1.54) is 11.3 Å². The van der Waals surface area contributed by atoms with E-state index in [-0.39, 0.29) is 0 Å². The first-order chi connectivity index (χ1) is 10.1. The fourth-order valence-corrected chi connectivity index (χ4v) is 5.61. The van der Waals surface area contributed by atoms with Gasteiger partial charge in [-0.3, -0.25) is 0 Å². The van der Waals surface area contributed by atoms with Crippen molar-refractivity contribution in [3.63, 3.8) is 0 Å². The lowest BCUT2D eigenvalue weighted by molar-refractivity contribution is 0.253. The summed E-state index contributed by atoms with van der Waals surface area (Å²) in [6.45, 7) is 4.07. The average Bonchev–Trinajstić information content (AvgIpc) is 3.11. The summed E-state index contributed by atoms with van der Waals surface area (Å²) in [6, 6.07) is 3.58. The average molecular weight is 325 g/mol. The summed E-state index contributed by atoms with van der Waals surface area (Å²) < 4.78 is 29.3. The minimum Gasteiger partial charge on any atom is -0.337 e. The third-order valence-corrected chi connectivity index (χ3v) is 7.28. The summed E-state index contributed by atoms with van der Waals surface area (Å²) in [5.74, 6) is 0.524. The summed E-state index contributed by atoms with van der Waals surface area (Å²) in [5, 5.41) is 0. The lowest BCUT2D eigenvalue weighted by Gasteiger charge is -2.30. The Balaban J connectivity index is 1.63. The summed E-state index contributed by atoms with van der Waals surface area (Å²) in [6.07, 6.45) is 7.36. The Morgan fingerprint density at radius 1 is 1.33 bits per heavy atom. The number of aryl methyl sites for hydroxylation is 1. The van der Waals surface area contributed by atoms with Crippen molar-refractivity contribution in [2.24, 2.45) is 5.92 Å². The molecule has 0 N–H and O–H groups in total. The van der Waals surface area contributed by atoms with E-state index in [1.54, 1.807) is 16.6 Å². The number of thiophene rings is 1. The van der Waals surface area contributed by atoms with Crippen molar-refractivity contribution in [2.45, 2.75) is 30.5 Å². The van der Waals surface area contributed by atoms with E-state index < -0.39 is 10.0 Å². The summed E-state index contributed by atoms with van der Waals surface area (Å²) >= 11 is 1.35. The van der Waals surface area contributed by atoms with Crippen molar-refractivity contribution < 1.29 is 8.42 Å². The van der Waals surface area contributed by atoms with Gasteiger partial charge in [0.2, 0.25) is 0 Å². The molecule has 0 unspecified atom stereocenters. The molecule has 3 rings (SSSR count). The van der Waals surface area contributed by atoms with Gasteiger partial charge in [-0.2, -0.15) is 4.31 Å². The predicted octanol–water partition coefficient (Wildman–Crippen LogP) is 2.35. The number of aromatic nitrogens is 2. The Labute approximate surface area is 129 Å². The largest absolute Gasteiger partial charge is 0.337 e. The first-order valence-electron chi connectivity index (χ1n) is 7.08. The third-order valence-electron chi connectivity index (χ3n) is 3.91. The number of hydrogen-bond donors (Lipinski definition) is 0. The van der Waals surface area contributed by atoms with E-state index in [4.69, 9.17) is 0 Å². The van der Waals surface area contributed by atoms with E-state index in [0.29, 0.717) is 23.2 Å². The lowest BCUT2D eigenvalue weighted by Crippen LogP contribution is -2.38. The zero-order valence-corrected chi connectivity index (χ0v) is 13.6. The molecule has 0 saturated carbocycles. The SMILES string of the molecule is Cc1ccc(S(=O)(=O)N2CCC(Cn3ccnc3)CC2)s1. The van der Waals surface area contributed by atoms with Crippen LogP contribution in [-0.4, -0.2) is 35.4 Å². The number of rotatable bonds is 4. The molecule has 0 bridgehead atoms. The number of piperidine rings is 1. The van der Waals surface area contributed by atoms with Gasteiger partial charge in [0.1, 0.15) is 4.21 Å². The van der Waals surface area contributed by atoms with Crippen LogP contribution in [0.25, 0.3) is 0 Å². The Kier molecular flexibility index (Phi) is 4.14. The Morgan fingerprint density at radius 3 is 2.67 bits per heavy atom. The van der Waals surface area contributed by atoms with Crippen LogP contribution in [0.1, 0.15) is 17.7 Å². The third kappa shape index (κ3) is 3.20. The van der Waals surface area contributed by atoms with Gasteiger partial charge in [-0.25, -0.2) is 13.4 Å². The molecular formula is C14H19N3O2S2. The molecule has 0 amide bonds. The fourth-order valence-electron chi connectivity index (χ4n) is 2.70. The van der Waals surface area contributed by atoms with Crippen molar-refractivity contribution >= 4 is 21.4 Å². The Morgan fingerprint density at radius 2 is 2.10 bits per heavy atom. The molecule has 1 aliphatic rings. The van der Waals surface area contributed by atoms with E-state index in [0.717, 1.165) is 24.3 Å². The standard InChI is InChI=1S/C14H19N3O2S2/c1-12-2-3-14(20-12)21(18,19)17-7-4-13(5-8-17)10-16-9-6-15-11-16/h2-3,6,9,11,13H,4-5,7-8,10H2,1H3. The van der Waals surface area contributed by atoms with Gasteiger partial charge in [-0.05, 0) is 37.8 Å². The number of nitrogens with zero attached hydrogens (tertiary/aromatic N) is 3. The van der Waals surface area contributed by atoms with Crippen LogP contribution in [-0.2, 0) is 16.6 Å². The second-order valence-corrected chi connectivity index (χ2v) is 8.92. The highest BCUT2D eigenvalue weighted by Gasteiger charge is 2.30. The first-order valence-corrected chi connectivity index (χ1v) is 9.34. The number of hydrogen-bond acceptors (Lipinski definition) is 4. The molecular weight excluding hydrogens is 306 g/mol. The van der Waals surface area contributed by atoms with Gasteiger partial charge >= 0.3 is 0 Å². The van der Waals surface area contributed by atoms with Gasteiger partial charge in [0.05, 0.1) is 6.33 Å². The zero-order valence-electron chi connectivity index (χ0n) is 12.0. The smallest absolute Gasteiger partial charge is 0.252 e. The highest BCUT2D eigenvalue weighted by Crippen LogP contribution is 2.28. The molecule has 0 aromatic carbocycles. The van der Waals surface area contributed by atoms with Crippen LogP contribution >= 0.6 is 11.3 Å². The van der Waals surface area contributed by atoms with Crippen molar-refractivity contribution in [3.05, 3.63) is 35.7 Å². The Bertz CT molecular complexity index is 684. The molecule has 21 heavy (non-hydrogen) atoms. The monoisotopic (exact) mass is 325 g/mol. The lowest BCUT2D eigenvalue weighted by atomic mass is 9.98. The molecule has 1 fully saturated rings. The maximum absolute atomic E-state index is 12.5. The van der Waals surface area contributed by atoms with Crippen LogP contribution in [0.5, 0.6) is 0 Å². The molecule has 0 atom stereocenters. The van der Waals surface area contributed by atoms with E-state index in [2.05, 4.69) is 9.55 Å². The maximum atomic E-state index is 12.5. The highest BCUT2D eigenvalue weighted by molar-refractivity contribution is 7.91. The Hall–Kier alpha value is -1.18. The molecule has 1 aliphatic heterocycles. The number of sulfonamides is 1. The molecule has 2 aromatic heterocycles. The van der Waals surface area contributed by atoms with E-state index in [1.807, 2.05) is 25.5 Å². The van der Waals surface area contributed by atoms with Gasteiger partial charge < -0.3 is 4.57 Å². The van der Waals surface area contributed by atoms with Gasteiger partial charge in [0.15, 0.2) is 0 Å². The van der Waals surface area contributed by atoms with E-state index >= 15 is 0 Å². The van der Waals surface area contributed by atoms with Crippen molar-refractivity contribution in [2.75, 3.05) is 13.1 Å². The minimum atomic E-state index is -3.29. The van der Waals surface area contributed by atoms with Crippen LogP contribution in [0, 0.1) is 12.8 Å². The van der Waals surface area contributed by atoms with Crippen LogP contribution in [0.3, 0.4) is 0 Å². The highest BCUT2D eigenvalue weighted by atomic mass is 32.2. The van der Waals surface area contributed by atoms with Gasteiger partial charge in [0, 0.05) is 36.9 Å². The van der Waals surface area contributed by atoms with Crippen LogP contribution in [0.15, 0.2) is 35.1 Å². The second-order valence-electron chi connectivity index (χ2n) is 5.47. The van der Waals surface area contributed by atoms with Crippen LogP contribution in [0.2, 0.25) is 0 Å². The fraction of sp³-hybridized carbons (Fsp3) is 0.500. The molecule has 7 heteroatoms. The second kappa shape index (κ2) is 5.90. The molecule has 114 valence electrons. The summed E-state index contributed by atoms with van der Waals surface area (Å²) in [7, 11) is -3.29. The summed E-state index contributed by atoms with van der Waals surface area (Å²) in [5.41, 5.74) is 0. The molecule has 1 saturated heterocycles. The normalized spacial score (nSPS) is 18.1. The predicted molar refractivity (Wildman–Crippen MR) is 82.8 cm³/mol. The zero-order chi connectivity index (χ0) is 14.9. The van der Waals surface area contributed by atoms with Crippen LogP contribution in [0.4, 0.5) is 0 Å². The quantitative estimate of drug-likeness (QED) is 0.867. The summed E-state index contributed by atoms with van der Waals surface area (Å²) in [4.78, 5) is 5.07. The van der Waals surface area contributed by atoms with E-state index in [9.17, 15) is 8.42 Å². The number of imidazole rings is 1. The molecule has 2 aromatic rings. The minimum absolute atomic E-state index is 0.466. The van der Waals surface area contributed by atoms with Gasteiger partial charge in [-0.15, -0.1) is 11.3 Å². The van der Waals surface area contributed by atoms with Gasteiger partial charge in [-0.1, -0.05) is 0 Å². The van der Waals surface area contributed by atoms with Crippen molar-refractivity contribution in [3.8, 4) is 0 Å². The van der Waals surface area contributed by atoms with Crippen molar-refractivity contribution in [1.82, 2.24) is 13.9 Å².